The first-order valence-electron chi connectivity index (χ1n) is 8.65. The second-order valence-electron chi connectivity index (χ2n) is 6.39. The van der Waals surface area contributed by atoms with Crippen LogP contribution in [0.2, 0.25) is 0 Å². The fraction of sp³-hybridized carbons (Fsp3) is 0.556. The molecule has 0 bridgehead atoms. The van der Waals surface area contributed by atoms with Crippen molar-refractivity contribution in [2.24, 2.45) is 5.92 Å². The molecule has 1 aromatic rings. The molecule has 0 spiro atoms. The van der Waals surface area contributed by atoms with Crippen LogP contribution < -0.4 is 20.1 Å². The maximum Gasteiger partial charge on any atom is 0.255 e. The van der Waals surface area contributed by atoms with Crippen LogP contribution >= 0.6 is 0 Å². The zero-order chi connectivity index (χ0) is 17.6. The first-order valence-corrected chi connectivity index (χ1v) is 8.65. The Morgan fingerprint density at radius 1 is 1.40 bits per heavy atom. The second-order valence-corrected chi connectivity index (χ2v) is 6.39. The number of β-amino-alcohol motifs (C(OH)–C–C–N with tert-alkyl or cyclic N) is 1. The highest BCUT2D eigenvalue weighted by Crippen LogP contribution is 2.35. The summed E-state index contributed by atoms with van der Waals surface area (Å²) in [6.45, 7) is 2.79. The smallest absolute Gasteiger partial charge is 0.255 e. The van der Waals surface area contributed by atoms with Crippen molar-refractivity contribution in [3.05, 3.63) is 23.3 Å². The molecule has 2 atom stereocenters. The fourth-order valence-corrected chi connectivity index (χ4v) is 3.15. The SMILES string of the molecule is N#CCc1cc2c(c(C(=O)NC[C@@H]3CCNCC3O)c1)OCCCO2. The third-order valence-corrected chi connectivity index (χ3v) is 4.55. The van der Waals surface area contributed by atoms with Gasteiger partial charge in [-0.15, -0.1) is 0 Å². The lowest BCUT2D eigenvalue weighted by atomic mass is 9.95. The van der Waals surface area contributed by atoms with Crippen LogP contribution in [0.4, 0.5) is 0 Å². The lowest BCUT2D eigenvalue weighted by molar-refractivity contribution is 0.0752. The fourth-order valence-electron chi connectivity index (χ4n) is 3.15. The van der Waals surface area contributed by atoms with E-state index in [0.29, 0.717) is 43.4 Å². The Kier molecular flexibility index (Phi) is 5.74. The highest BCUT2D eigenvalue weighted by Gasteiger charge is 2.25. The molecule has 25 heavy (non-hydrogen) atoms. The number of benzene rings is 1. The molecule has 7 heteroatoms. The quantitative estimate of drug-likeness (QED) is 0.739. The first-order chi connectivity index (χ1) is 12.2. The van der Waals surface area contributed by atoms with Crippen molar-refractivity contribution >= 4 is 5.91 Å². The molecular formula is C18H23N3O4. The van der Waals surface area contributed by atoms with E-state index in [0.717, 1.165) is 24.9 Å². The largest absolute Gasteiger partial charge is 0.490 e. The Labute approximate surface area is 146 Å². The van der Waals surface area contributed by atoms with Gasteiger partial charge in [-0.3, -0.25) is 4.79 Å². The van der Waals surface area contributed by atoms with Crippen LogP contribution in [0.15, 0.2) is 12.1 Å². The highest BCUT2D eigenvalue weighted by molar-refractivity contribution is 5.98. The van der Waals surface area contributed by atoms with Crippen LogP contribution in [-0.4, -0.2) is 50.0 Å². The number of hydrogen-bond acceptors (Lipinski definition) is 6. The summed E-state index contributed by atoms with van der Waals surface area (Å²) in [4.78, 5) is 12.7. The number of hydrogen-bond donors (Lipinski definition) is 3. The monoisotopic (exact) mass is 345 g/mol. The summed E-state index contributed by atoms with van der Waals surface area (Å²) in [6, 6.07) is 5.54. The summed E-state index contributed by atoms with van der Waals surface area (Å²) in [6.07, 6.45) is 1.29. The maximum absolute atomic E-state index is 12.7. The Balaban J connectivity index is 1.78. The van der Waals surface area contributed by atoms with Crippen molar-refractivity contribution in [3.63, 3.8) is 0 Å². The number of nitrogens with zero attached hydrogens (tertiary/aromatic N) is 1. The van der Waals surface area contributed by atoms with Crippen molar-refractivity contribution in [1.82, 2.24) is 10.6 Å². The van der Waals surface area contributed by atoms with E-state index >= 15 is 0 Å². The van der Waals surface area contributed by atoms with Gasteiger partial charge in [-0.05, 0) is 30.7 Å². The van der Waals surface area contributed by atoms with E-state index in [1.165, 1.54) is 0 Å². The molecule has 2 aliphatic heterocycles. The molecule has 0 saturated carbocycles. The third kappa shape index (κ3) is 4.21. The number of carbonyl (C=O) groups excluding carboxylic acids is 1. The highest BCUT2D eigenvalue weighted by atomic mass is 16.5. The van der Waals surface area contributed by atoms with E-state index in [1.807, 2.05) is 0 Å². The van der Waals surface area contributed by atoms with E-state index in [2.05, 4.69) is 16.7 Å². The number of fused-ring (bicyclic) bond motifs is 1. The summed E-state index contributed by atoms with van der Waals surface area (Å²) in [5, 5.41) is 25.0. The number of amides is 1. The van der Waals surface area contributed by atoms with Gasteiger partial charge in [-0.1, -0.05) is 0 Å². The molecule has 0 aliphatic carbocycles. The van der Waals surface area contributed by atoms with Gasteiger partial charge in [0.05, 0.1) is 37.4 Å². The zero-order valence-corrected chi connectivity index (χ0v) is 14.1. The number of aliphatic hydroxyl groups excluding tert-OH is 1. The van der Waals surface area contributed by atoms with Crippen molar-refractivity contribution in [2.75, 3.05) is 32.8 Å². The average molecular weight is 345 g/mol. The number of piperidine rings is 1. The number of aliphatic hydroxyl groups is 1. The minimum absolute atomic E-state index is 0.0308. The molecule has 7 nitrogen and oxygen atoms in total. The molecule has 2 heterocycles. The minimum Gasteiger partial charge on any atom is -0.490 e. The molecule has 1 aromatic carbocycles. The van der Waals surface area contributed by atoms with Crippen LogP contribution in [0.1, 0.15) is 28.8 Å². The molecule has 2 aliphatic rings. The Morgan fingerprint density at radius 2 is 2.24 bits per heavy atom. The van der Waals surface area contributed by atoms with Gasteiger partial charge in [0, 0.05) is 25.4 Å². The van der Waals surface area contributed by atoms with Gasteiger partial charge in [-0.2, -0.15) is 5.26 Å². The summed E-state index contributed by atoms with van der Waals surface area (Å²) in [5.74, 6) is 0.704. The topological polar surface area (TPSA) is 104 Å². The van der Waals surface area contributed by atoms with Gasteiger partial charge in [0.15, 0.2) is 11.5 Å². The molecule has 0 radical (unpaired) electrons. The third-order valence-electron chi connectivity index (χ3n) is 4.55. The second kappa shape index (κ2) is 8.19. The normalized spacial score (nSPS) is 22.6. The number of carbonyl (C=O) groups is 1. The van der Waals surface area contributed by atoms with Crippen molar-refractivity contribution < 1.29 is 19.4 Å². The molecule has 1 saturated heterocycles. The predicted octanol–water partition coefficient (Wildman–Crippen LogP) is 0.614. The summed E-state index contributed by atoms with van der Waals surface area (Å²) in [5.41, 5.74) is 1.10. The van der Waals surface area contributed by atoms with Crippen molar-refractivity contribution in [3.8, 4) is 17.6 Å². The maximum atomic E-state index is 12.7. The number of nitriles is 1. The van der Waals surface area contributed by atoms with E-state index in [-0.39, 0.29) is 18.2 Å². The molecule has 134 valence electrons. The molecule has 1 fully saturated rings. The Bertz CT molecular complexity index is 671. The van der Waals surface area contributed by atoms with Gasteiger partial charge >= 0.3 is 0 Å². The molecule has 1 unspecified atom stereocenters. The van der Waals surface area contributed by atoms with Gasteiger partial charge in [0.2, 0.25) is 0 Å². The van der Waals surface area contributed by atoms with E-state index in [4.69, 9.17) is 14.7 Å². The number of nitrogens with one attached hydrogen (secondary N) is 2. The van der Waals surface area contributed by atoms with Crippen molar-refractivity contribution in [1.29, 1.82) is 5.26 Å². The Morgan fingerprint density at radius 3 is 3.04 bits per heavy atom. The van der Waals surface area contributed by atoms with E-state index in [1.54, 1.807) is 12.1 Å². The van der Waals surface area contributed by atoms with E-state index < -0.39 is 6.10 Å². The summed E-state index contributed by atoms with van der Waals surface area (Å²) >= 11 is 0. The molecule has 1 amide bonds. The number of rotatable bonds is 4. The van der Waals surface area contributed by atoms with Crippen molar-refractivity contribution in [2.45, 2.75) is 25.4 Å². The van der Waals surface area contributed by atoms with Gasteiger partial charge < -0.3 is 25.2 Å². The molecule has 3 rings (SSSR count). The molecule has 0 aromatic heterocycles. The first kappa shape index (κ1) is 17.5. The van der Waals surface area contributed by atoms with Gasteiger partial charge in [0.1, 0.15) is 0 Å². The lowest BCUT2D eigenvalue weighted by Gasteiger charge is -2.28. The molecular weight excluding hydrogens is 322 g/mol. The summed E-state index contributed by atoms with van der Waals surface area (Å²) < 4.78 is 11.4. The predicted molar refractivity (Wildman–Crippen MR) is 90.7 cm³/mol. The van der Waals surface area contributed by atoms with Crippen LogP contribution in [0.3, 0.4) is 0 Å². The van der Waals surface area contributed by atoms with Crippen LogP contribution in [0.5, 0.6) is 11.5 Å². The summed E-state index contributed by atoms with van der Waals surface area (Å²) in [7, 11) is 0. The standard InChI is InChI=1S/C18H23N3O4/c19-4-2-12-8-14(17-16(9-12)24-6-1-7-25-17)18(23)21-10-13-3-5-20-11-15(13)22/h8-9,13,15,20,22H,1-3,5-7,10-11H2,(H,21,23)/t13-,15?/m0/s1. The molecule has 3 N–H and O–H groups in total. The van der Waals surface area contributed by atoms with Crippen LogP contribution in [0.25, 0.3) is 0 Å². The van der Waals surface area contributed by atoms with E-state index in [9.17, 15) is 9.90 Å². The number of ether oxygens (including phenoxy) is 2. The van der Waals surface area contributed by atoms with Crippen LogP contribution in [0, 0.1) is 17.2 Å². The minimum atomic E-state index is -0.462. The zero-order valence-electron chi connectivity index (χ0n) is 14.1. The van der Waals surface area contributed by atoms with Gasteiger partial charge in [-0.25, -0.2) is 0 Å². The lowest BCUT2D eigenvalue weighted by Crippen LogP contribution is -2.45. The Hall–Kier alpha value is -2.30. The average Bonchev–Trinajstić information content (AvgIpc) is 2.86. The van der Waals surface area contributed by atoms with Crippen LogP contribution in [-0.2, 0) is 6.42 Å². The van der Waals surface area contributed by atoms with Gasteiger partial charge in [0.25, 0.3) is 5.91 Å².